The van der Waals surface area contributed by atoms with E-state index in [1.807, 2.05) is 49.6 Å². The molecule has 0 atom stereocenters. The Labute approximate surface area is 118 Å². The fourth-order valence-electron chi connectivity index (χ4n) is 2.27. The molecule has 3 rings (SSSR count). The molecule has 3 heteroatoms. The quantitative estimate of drug-likeness (QED) is 0.783. The van der Waals surface area contributed by atoms with Crippen molar-refractivity contribution in [3.8, 4) is 11.3 Å². The molecule has 3 aromatic rings. The van der Waals surface area contributed by atoms with Crippen molar-refractivity contribution in [3.05, 3.63) is 66.5 Å². The summed E-state index contributed by atoms with van der Waals surface area (Å²) in [7, 11) is 1.94. The zero-order valence-corrected chi connectivity index (χ0v) is 11.5. The maximum absolute atomic E-state index is 4.75. The second-order valence-corrected chi connectivity index (χ2v) is 4.60. The molecule has 0 aliphatic rings. The van der Waals surface area contributed by atoms with Crippen LogP contribution in [0.1, 0.15) is 5.69 Å². The molecule has 1 N–H and O–H groups in total. The Bertz CT molecular complexity index is 726. The number of likely N-dealkylation sites (N-methyl/N-ethyl adjacent to an activating group) is 1. The zero-order chi connectivity index (χ0) is 13.8. The van der Waals surface area contributed by atoms with Crippen LogP contribution in [0.15, 0.2) is 60.8 Å². The molecule has 0 saturated heterocycles. The van der Waals surface area contributed by atoms with Gasteiger partial charge in [-0.05, 0) is 25.3 Å². The van der Waals surface area contributed by atoms with E-state index >= 15 is 0 Å². The molecule has 0 aliphatic heterocycles. The van der Waals surface area contributed by atoms with Crippen molar-refractivity contribution in [2.45, 2.75) is 0 Å². The van der Waals surface area contributed by atoms with Crippen LogP contribution in [0.5, 0.6) is 0 Å². The highest BCUT2D eigenvalue weighted by atomic mass is 15.0. The number of hydrogen-bond donors (Lipinski definition) is 1. The van der Waals surface area contributed by atoms with E-state index in [-0.39, 0.29) is 0 Å². The van der Waals surface area contributed by atoms with Crippen LogP contribution in [0, 0.1) is 0 Å². The molecule has 1 aromatic carbocycles. The van der Waals surface area contributed by atoms with Gasteiger partial charge in [-0.1, -0.05) is 42.5 Å². The smallest absolute Gasteiger partial charge is 0.137 e. The first-order valence-electron chi connectivity index (χ1n) is 6.74. The Morgan fingerprint density at radius 1 is 1.10 bits per heavy atom. The molecule has 3 nitrogen and oxygen atoms in total. The highest BCUT2D eigenvalue weighted by Gasteiger charge is 2.10. The molecule has 100 valence electrons. The number of nitrogens with one attached hydrogen (secondary N) is 1. The number of pyridine rings is 1. The molecule has 0 radical (unpaired) electrons. The number of benzene rings is 1. The van der Waals surface area contributed by atoms with Gasteiger partial charge in [-0.2, -0.15) is 0 Å². The third-order valence-corrected chi connectivity index (χ3v) is 3.21. The first kappa shape index (κ1) is 12.6. The van der Waals surface area contributed by atoms with Gasteiger partial charge in [0, 0.05) is 18.3 Å². The lowest BCUT2D eigenvalue weighted by atomic mass is 10.1. The summed E-state index contributed by atoms with van der Waals surface area (Å²) in [4.78, 5) is 4.75. The van der Waals surface area contributed by atoms with Gasteiger partial charge in [-0.3, -0.25) is 4.40 Å². The highest BCUT2D eigenvalue weighted by molar-refractivity contribution is 5.74. The van der Waals surface area contributed by atoms with E-state index < -0.39 is 0 Å². The van der Waals surface area contributed by atoms with Gasteiger partial charge in [0.05, 0.1) is 11.4 Å². The van der Waals surface area contributed by atoms with E-state index in [1.54, 1.807) is 0 Å². The average Bonchev–Trinajstić information content (AvgIpc) is 2.87. The summed E-state index contributed by atoms with van der Waals surface area (Å²) in [5.41, 5.74) is 4.24. The van der Waals surface area contributed by atoms with Gasteiger partial charge in [0.2, 0.25) is 0 Å². The molecule has 0 unspecified atom stereocenters. The number of fused-ring (bicyclic) bond motifs is 1. The molecule has 0 spiro atoms. The highest BCUT2D eigenvalue weighted by Crippen LogP contribution is 2.25. The van der Waals surface area contributed by atoms with Crippen molar-refractivity contribution in [1.82, 2.24) is 14.7 Å². The van der Waals surface area contributed by atoms with E-state index in [9.17, 15) is 0 Å². The molecule has 0 bridgehead atoms. The largest absolute Gasteiger partial charge is 0.316 e. The third-order valence-electron chi connectivity index (χ3n) is 3.21. The van der Waals surface area contributed by atoms with Crippen LogP contribution >= 0.6 is 0 Å². The van der Waals surface area contributed by atoms with Gasteiger partial charge in [-0.15, -0.1) is 0 Å². The zero-order valence-electron chi connectivity index (χ0n) is 11.5. The summed E-state index contributed by atoms with van der Waals surface area (Å²) >= 11 is 0. The van der Waals surface area contributed by atoms with Gasteiger partial charge in [0.1, 0.15) is 5.65 Å². The summed E-state index contributed by atoms with van der Waals surface area (Å²) in [6.45, 7) is 0.842. The lowest BCUT2D eigenvalue weighted by Crippen LogP contribution is -2.03. The molecule has 0 saturated carbocycles. The van der Waals surface area contributed by atoms with Crippen molar-refractivity contribution >= 4 is 11.7 Å². The van der Waals surface area contributed by atoms with Gasteiger partial charge in [0.15, 0.2) is 0 Å². The number of imidazole rings is 1. The van der Waals surface area contributed by atoms with Crippen LogP contribution in [-0.4, -0.2) is 23.0 Å². The van der Waals surface area contributed by atoms with Crippen LogP contribution in [-0.2, 0) is 0 Å². The molecule has 2 aromatic heterocycles. The van der Waals surface area contributed by atoms with Crippen LogP contribution < -0.4 is 5.32 Å². The predicted octanol–water partition coefficient (Wildman–Crippen LogP) is 3.23. The van der Waals surface area contributed by atoms with Crippen molar-refractivity contribution in [1.29, 1.82) is 0 Å². The van der Waals surface area contributed by atoms with Gasteiger partial charge >= 0.3 is 0 Å². The minimum atomic E-state index is 0.842. The molecule has 0 fully saturated rings. The second kappa shape index (κ2) is 5.72. The molecular formula is C17H17N3. The van der Waals surface area contributed by atoms with Gasteiger partial charge in [0.25, 0.3) is 0 Å². The molecule has 0 amide bonds. The Kier molecular flexibility index (Phi) is 3.61. The summed E-state index contributed by atoms with van der Waals surface area (Å²) in [5.74, 6) is 0. The van der Waals surface area contributed by atoms with Crippen molar-refractivity contribution < 1.29 is 0 Å². The fourth-order valence-corrected chi connectivity index (χ4v) is 2.27. The monoisotopic (exact) mass is 263 g/mol. The number of aromatic nitrogens is 2. The number of hydrogen-bond acceptors (Lipinski definition) is 2. The van der Waals surface area contributed by atoms with Crippen molar-refractivity contribution in [3.63, 3.8) is 0 Å². The molecule has 0 aliphatic carbocycles. The SMILES string of the molecule is CNC/C=C/c1c(-c2ccccc2)nc2ccccn12. The minimum Gasteiger partial charge on any atom is -0.316 e. The molecule has 20 heavy (non-hydrogen) atoms. The summed E-state index contributed by atoms with van der Waals surface area (Å²) in [5, 5.41) is 3.12. The van der Waals surface area contributed by atoms with Crippen molar-refractivity contribution in [2.75, 3.05) is 13.6 Å². The van der Waals surface area contributed by atoms with Gasteiger partial charge in [-0.25, -0.2) is 4.98 Å². The third kappa shape index (κ3) is 2.36. The predicted molar refractivity (Wildman–Crippen MR) is 83.6 cm³/mol. The lowest BCUT2D eigenvalue weighted by molar-refractivity contribution is 0.922. The summed E-state index contributed by atoms with van der Waals surface area (Å²) < 4.78 is 2.12. The average molecular weight is 263 g/mol. The minimum absolute atomic E-state index is 0.842. The first-order valence-corrected chi connectivity index (χ1v) is 6.74. The maximum Gasteiger partial charge on any atom is 0.137 e. The first-order chi connectivity index (χ1) is 9.90. The Morgan fingerprint density at radius 2 is 1.90 bits per heavy atom. The van der Waals surface area contributed by atoms with Crippen LogP contribution in [0.3, 0.4) is 0 Å². The fraction of sp³-hybridized carbons (Fsp3) is 0.118. The number of nitrogens with zero attached hydrogens (tertiary/aromatic N) is 2. The number of rotatable bonds is 4. The topological polar surface area (TPSA) is 29.3 Å². The summed E-state index contributed by atoms with van der Waals surface area (Å²) in [6, 6.07) is 16.4. The van der Waals surface area contributed by atoms with E-state index in [0.717, 1.165) is 29.1 Å². The second-order valence-electron chi connectivity index (χ2n) is 4.60. The Balaban J connectivity index is 2.17. The Morgan fingerprint density at radius 3 is 2.70 bits per heavy atom. The van der Waals surface area contributed by atoms with E-state index in [0.29, 0.717) is 0 Å². The standard InChI is InChI=1S/C17H17N3/c1-18-12-7-10-15-17(14-8-3-2-4-9-14)19-16-11-5-6-13-20(15)16/h2-11,13,18H,12H2,1H3/b10-7+. The van der Waals surface area contributed by atoms with E-state index in [2.05, 4.69) is 34.0 Å². The van der Waals surface area contributed by atoms with E-state index in [1.165, 1.54) is 0 Å². The van der Waals surface area contributed by atoms with Crippen LogP contribution in [0.2, 0.25) is 0 Å². The van der Waals surface area contributed by atoms with Gasteiger partial charge < -0.3 is 5.32 Å². The lowest BCUT2D eigenvalue weighted by Gasteiger charge is -2.00. The maximum atomic E-state index is 4.75. The van der Waals surface area contributed by atoms with Crippen LogP contribution in [0.25, 0.3) is 23.0 Å². The van der Waals surface area contributed by atoms with E-state index in [4.69, 9.17) is 4.98 Å². The van der Waals surface area contributed by atoms with Crippen molar-refractivity contribution in [2.24, 2.45) is 0 Å². The molecular weight excluding hydrogens is 246 g/mol. The molecule has 2 heterocycles. The van der Waals surface area contributed by atoms with Crippen LogP contribution in [0.4, 0.5) is 0 Å². The normalized spacial score (nSPS) is 11.4. The summed E-state index contributed by atoms with van der Waals surface area (Å²) in [6.07, 6.45) is 6.29. The Hall–Kier alpha value is -2.39.